The molecular weight excluding hydrogens is 224 g/mol. The SMILES string of the molecule is O=Cc1sc(-c2ccccc2)cc1C(=O)O. The van der Waals surface area contributed by atoms with Crippen molar-refractivity contribution in [2.45, 2.75) is 0 Å². The molecule has 0 unspecified atom stereocenters. The molecule has 0 fully saturated rings. The van der Waals surface area contributed by atoms with Crippen LogP contribution in [0.3, 0.4) is 0 Å². The van der Waals surface area contributed by atoms with Gasteiger partial charge in [-0.25, -0.2) is 4.79 Å². The first-order valence-corrected chi connectivity index (χ1v) is 5.41. The number of benzene rings is 1. The summed E-state index contributed by atoms with van der Waals surface area (Å²) in [4.78, 5) is 22.6. The minimum absolute atomic E-state index is 0.0684. The molecule has 80 valence electrons. The highest BCUT2D eigenvalue weighted by Crippen LogP contribution is 2.30. The van der Waals surface area contributed by atoms with Crippen LogP contribution in [0.2, 0.25) is 0 Å². The van der Waals surface area contributed by atoms with Gasteiger partial charge >= 0.3 is 5.97 Å². The molecule has 1 aromatic carbocycles. The second-order valence-corrected chi connectivity index (χ2v) is 4.26. The van der Waals surface area contributed by atoms with Crippen LogP contribution in [0.15, 0.2) is 36.4 Å². The number of rotatable bonds is 3. The minimum Gasteiger partial charge on any atom is -0.478 e. The van der Waals surface area contributed by atoms with Gasteiger partial charge < -0.3 is 5.11 Å². The van der Waals surface area contributed by atoms with E-state index < -0.39 is 5.97 Å². The molecule has 1 aromatic heterocycles. The Balaban J connectivity index is 2.52. The third kappa shape index (κ3) is 1.87. The number of hydrogen-bond acceptors (Lipinski definition) is 3. The number of carboxylic acids is 1. The van der Waals surface area contributed by atoms with Crippen LogP contribution in [0.1, 0.15) is 20.0 Å². The first kappa shape index (κ1) is 10.6. The van der Waals surface area contributed by atoms with E-state index in [0.717, 1.165) is 10.4 Å². The fourth-order valence-electron chi connectivity index (χ4n) is 1.40. The van der Waals surface area contributed by atoms with Crippen molar-refractivity contribution in [1.29, 1.82) is 0 Å². The molecule has 0 radical (unpaired) electrons. The Bertz CT molecular complexity index is 528. The molecule has 1 N–H and O–H groups in total. The normalized spacial score (nSPS) is 10.0. The van der Waals surface area contributed by atoms with E-state index in [-0.39, 0.29) is 10.4 Å². The predicted molar refractivity (Wildman–Crippen MR) is 62.1 cm³/mol. The maximum absolute atomic E-state index is 10.9. The summed E-state index contributed by atoms with van der Waals surface area (Å²) in [5, 5.41) is 8.90. The summed E-state index contributed by atoms with van der Waals surface area (Å²) in [6, 6.07) is 10.9. The summed E-state index contributed by atoms with van der Waals surface area (Å²) in [5.41, 5.74) is 0.988. The highest BCUT2D eigenvalue weighted by molar-refractivity contribution is 7.17. The second kappa shape index (κ2) is 4.28. The van der Waals surface area contributed by atoms with Crippen molar-refractivity contribution >= 4 is 23.6 Å². The molecule has 0 aliphatic carbocycles. The van der Waals surface area contributed by atoms with Gasteiger partial charge in [0.2, 0.25) is 0 Å². The lowest BCUT2D eigenvalue weighted by atomic mass is 10.1. The third-order valence-corrected chi connectivity index (χ3v) is 3.27. The summed E-state index contributed by atoms with van der Waals surface area (Å²) in [6.07, 6.45) is 0.584. The average Bonchev–Trinajstić information content (AvgIpc) is 2.74. The fourth-order valence-corrected chi connectivity index (χ4v) is 2.38. The molecule has 0 aliphatic heterocycles. The van der Waals surface area contributed by atoms with E-state index in [0.29, 0.717) is 6.29 Å². The Morgan fingerprint density at radius 1 is 1.25 bits per heavy atom. The van der Waals surface area contributed by atoms with E-state index >= 15 is 0 Å². The van der Waals surface area contributed by atoms with Gasteiger partial charge in [-0.1, -0.05) is 30.3 Å². The molecule has 3 nitrogen and oxygen atoms in total. The van der Waals surface area contributed by atoms with Crippen molar-refractivity contribution in [3.05, 3.63) is 46.8 Å². The van der Waals surface area contributed by atoms with Crippen molar-refractivity contribution in [3.8, 4) is 10.4 Å². The summed E-state index contributed by atoms with van der Waals surface area (Å²) in [6.45, 7) is 0. The molecule has 2 rings (SSSR count). The molecule has 2 aromatic rings. The van der Waals surface area contributed by atoms with Gasteiger partial charge in [-0.2, -0.15) is 0 Å². The fraction of sp³-hybridized carbons (Fsp3) is 0. The van der Waals surface area contributed by atoms with Crippen LogP contribution in [-0.4, -0.2) is 17.4 Å². The quantitative estimate of drug-likeness (QED) is 0.828. The maximum atomic E-state index is 10.9. The van der Waals surface area contributed by atoms with Gasteiger partial charge in [0.25, 0.3) is 0 Å². The minimum atomic E-state index is -1.07. The van der Waals surface area contributed by atoms with E-state index in [1.807, 2.05) is 30.3 Å². The van der Waals surface area contributed by atoms with Crippen LogP contribution in [-0.2, 0) is 0 Å². The van der Waals surface area contributed by atoms with Crippen LogP contribution in [0.5, 0.6) is 0 Å². The van der Waals surface area contributed by atoms with Gasteiger partial charge in [-0.05, 0) is 11.6 Å². The Morgan fingerprint density at radius 2 is 1.94 bits per heavy atom. The van der Waals surface area contributed by atoms with Gasteiger partial charge in [0.15, 0.2) is 6.29 Å². The standard InChI is InChI=1S/C12H8O3S/c13-7-11-9(12(14)15)6-10(16-11)8-4-2-1-3-5-8/h1-7H,(H,14,15). The van der Waals surface area contributed by atoms with E-state index in [1.54, 1.807) is 0 Å². The largest absolute Gasteiger partial charge is 0.478 e. The third-order valence-electron chi connectivity index (χ3n) is 2.16. The predicted octanol–water partition coefficient (Wildman–Crippen LogP) is 2.93. The topological polar surface area (TPSA) is 54.4 Å². The van der Waals surface area contributed by atoms with Crippen molar-refractivity contribution in [3.63, 3.8) is 0 Å². The zero-order chi connectivity index (χ0) is 11.5. The van der Waals surface area contributed by atoms with Gasteiger partial charge in [-0.3, -0.25) is 4.79 Å². The Kier molecular flexibility index (Phi) is 2.83. The van der Waals surface area contributed by atoms with Crippen molar-refractivity contribution < 1.29 is 14.7 Å². The molecule has 0 saturated heterocycles. The van der Waals surface area contributed by atoms with Crippen molar-refractivity contribution in [2.75, 3.05) is 0 Å². The molecule has 0 amide bonds. The van der Waals surface area contributed by atoms with Crippen LogP contribution in [0.4, 0.5) is 0 Å². The molecular formula is C12H8O3S. The number of hydrogen-bond donors (Lipinski definition) is 1. The van der Waals surface area contributed by atoms with E-state index in [2.05, 4.69) is 0 Å². The Labute approximate surface area is 96.0 Å². The number of carbonyl (C=O) groups excluding carboxylic acids is 1. The number of thiophene rings is 1. The van der Waals surface area contributed by atoms with E-state index in [1.165, 1.54) is 17.4 Å². The van der Waals surface area contributed by atoms with Crippen LogP contribution in [0.25, 0.3) is 10.4 Å². The highest BCUT2D eigenvalue weighted by Gasteiger charge is 2.15. The summed E-state index contributed by atoms with van der Waals surface area (Å²) in [5.74, 6) is -1.07. The Morgan fingerprint density at radius 3 is 2.44 bits per heavy atom. The average molecular weight is 232 g/mol. The summed E-state index contributed by atoms with van der Waals surface area (Å²) in [7, 11) is 0. The zero-order valence-electron chi connectivity index (χ0n) is 8.21. The van der Waals surface area contributed by atoms with Crippen LogP contribution >= 0.6 is 11.3 Å². The van der Waals surface area contributed by atoms with Gasteiger partial charge in [0.05, 0.1) is 10.4 Å². The van der Waals surface area contributed by atoms with Gasteiger partial charge in [-0.15, -0.1) is 11.3 Å². The molecule has 1 heterocycles. The summed E-state index contributed by atoms with van der Waals surface area (Å²) < 4.78 is 0. The smallest absolute Gasteiger partial charge is 0.337 e. The lowest BCUT2D eigenvalue weighted by Gasteiger charge is -1.93. The van der Waals surface area contributed by atoms with Crippen LogP contribution < -0.4 is 0 Å². The lowest BCUT2D eigenvalue weighted by molar-refractivity contribution is 0.0695. The molecule has 0 aliphatic rings. The van der Waals surface area contributed by atoms with Crippen molar-refractivity contribution in [1.82, 2.24) is 0 Å². The molecule has 4 heteroatoms. The summed E-state index contributed by atoms with van der Waals surface area (Å²) >= 11 is 1.19. The monoisotopic (exact) mass is 232 g/mol. The molecule has 0 bridgehead atoms. The maximum Gasteiger partial charge on any atom is 0.337 e. The van der Waals surface area contributed by atoms with Crippen molar-refractivity contribution in [2.24, 2.45) is 0 Å². The number of carbonyl (C=O) groups is 2. The van der Waals surface area contributed by atoms with E-state index in [4.69, 9.17) is 5.11 Å². The van der Waals surface area contributed by atoms with E-state index in [9.17, 15) is 9.59 Å². The first-order valence-electron chi connectivity index (χ1n) is 4.60. The first-order chi connectivity index (χ1) is 7.72. The number of carboxylic acid groups (broad SMARTS) is 1. The second-order valence-electron chi connectivity index (χ2n) is 3.18. The Hall–Kier alpha value is -1.94. The van der Waals surface area contributed by atoms with Crippen LogP contribution in [0, 0.1) is 0 Å². The number of aromatic carboxylic acids is 1. The number of aldehydes is 1. The molecule has 0 saturated carbocycles. The zero-order valence-corrected chi connectivity index (χ0v) is 9.03. The van der Waals surface area contributed by atoms with Gasteiger partial charge in [0.1, 0.15) is 0 Å². The highest BCUT2D eigenvalue weighted by atomic mass is 32.1. The molecule has 16 heavy (non-hydrogen) atoms. The van der Waals surface area contributed by atoms with Gasteiger partial charge in [0, 0.05) is 4.88 Å². The lowest BCUT2D eigenvalue weighted by Crippen LogP contribution is -1.96. The molecule has 0 atom stereocenters. The molecule has 0 spiro atoms.